The molecular weight excluding hydrogens is 447 g/mol. The Hall–Kier alpha value is -3.00. The lowest BCUT2D eigenvalue weighted by molar-refractivity contribution is -0.140. The number of carboxylic acid groups (broad SMARTS) is 1. The van der Waals surface area contributed by atoms with Gasteiger partial charge in [0.05, 0.1) is 22.0 Å². The van der Waals surface area contributed by atoms with Crippen LogP contribution in [-0.2, 0) is 11.0 Å². The molecule has 0 aliphatic rings. The lowest BCUT2D eigenvalue weighted by Gasteiger charge is -2.20. The molecule has 5 nitrogen and oxygen atoms in total. The summed E-state index contributed by atoms with van der Waals surface area (Å²) in [6, 6.07) is 6.43. The van der Waals surface area contributed by atoms with E-state index in [2.05, 4.69) is 0 Å². The molecule has 2 atom stereocenters. The molecule has 1 aromatic heterocycles. The largest absolute Gasteiger partial charge is 0.506 e. The molecule has 1 heterocycles. The fourth-order valence-corrected chi connectivity index (χ4v) is 4.08. The van der Waals surface area contributed by atoms with E-state index in [9.17, 15) is 33.0 Å². The topological polar surface area (TPSA) is 79.5 Å². The van der Waals surface area contributed by atoms with Gasteiger partial charge in [0, 0.05) is 16.6 Å². The zero-order valence-electron chi connectivity index (χ0n) is 17.5. The van der Waals surface area contributed by atoms with Crippen molar-refractivity contribution in [2.75, 3.05) is 0 Å². The molecule has 9 heteroatoms. The van der Waals surface area contributed by atoms with Crippen LogP contribution in [0.3, 0.4) is 0 Å². The van der Waals surface area contributed by atoms with E-state index in [4.69, 9.17) is 11.6 Å². The van der Waals surface area contributed by atoms with Crippen molar-refractivity contribution in [2.24, 2.45) is 5.92 Å². The molecule has 32 heavy (non-hydrogen) atoms. The van der Waals surface area contributed by atoms with Crippen LogP contribution in [0.2, 0.25) is 5.02 Å². The molecule has 2 N–H and O–H groups in total. The minimum atomic E-state index is -4.54. The minimum Gasteiger partial charge on any atom is -0.506 e. The van der Waals surface area contributed by atoms with E-state index in [0.29, 0.717) is 23.1 Å². The third-order valence-corrected chi connectivity index (χ3v) is 6.08. The highest BCUT2D eigenvalue weighted by Gasteiger charge is 2.34. The van der Waals surface area contributed by atoms with E-state index in [1.807, 2.05) is 6.92 Å². The van der Waals surface area contributed by atoms with Crippen LogP contribution in [-0.4, -0.2) is 26.7 Å². The molecule has 0 aliphatic heterocycles. The molecule has 0 spiro atoms. The highest BCUT2D eigenvalue weighted by atomic mass is 35.5. The number of hydrogen-bond donors (Lipinski definition) is 2. The Morgan fingerprint density at radius 3 is 2.25 bits per heavy atom. The van der Waals surface area contributed by atoms with Gasteiger partial charge in [-0.15, -0.1) is 0 Å². The summed E-state index contributed by atoms with van der Waals surface area (Å²) in [7, 11) is 0. The summed E-state index contributed by atoms with van der Waals surface area (Å²) in [6.07, 6.45) is -3.99. The van der Waals surface area contributed by atoms with Gasteiger partial charge in [0.2, 0.25) is 0 Å². The number of aromatic nitrogens is 1. The molecule has 170 valence electrons. The Morgan fingerprint density at radius 2 is 1.75 bits per heavy atom. The molecule has 0 amide bonds. The maximum atomic E-state index is 13.3. The highest BCUT2D eigenvalue weighted by Crippen LogP contribution is 2.41. The first-order chi connectivity index (χ1) is 14.9. The summed E-state index contributed by atoms with van der Waals surface area (Å²) in [5.41, 5.74) is 0.0387. The first kappa shape index (κ1) is 23.7. The SMILES string of the molecule is CCC(C)[C@H](C(=O)O)c1c(C)n(C(=O)c2ccc(C(F)(F)F)cc2)c2cc(Cl)c(O)cc12. The number of phenols is 1. The van der Waals surface area contributed by atoms with Crippen molar-refractivity contribution < 1.29 is 33.0 Å². The van der Waals surface area contributed by atoms with Gasteiger partial charge in [-0.3, -0.25) is 14.2 Å². The lowest BCUT2D eigenvalue weighted by Crippen LogP contribution is -2.21. The van der Waals surface area contributed by atoms with Crippen molar-refractivity contribution in [3.8, 4) is 5.75 Å². The summed E-state index contributed by atoms with van der Waals surface area (Å²) >= 11 is 6.06. The third-order valence-electron chi connectivity index (χ3n) is 5.77. The number of hydrogen-bond acceptors (Lipinski definition) is 3. The molecule has 0 fully saturated rings. The number of halogens is 4. The van der Waals surface area contributed by atoms with Crippen LogP contribution in [0.4, 0.5) is 13.2 Å². The second-order valence-corrected chi connectivity index (χ2v) is 8.14. The molecule has 3 rings (SSSR count). The zero-order valence-corrected chi connectivity index (χ0v) is 18.3. The monoisotopic (exact) mass is 467 g/mol. The molecule has 0 saturated heterocycles. The maximum absolute atomic E-state index is 13.3. The number of rotatable bonds is 5. The molecule has 1 unspecified atom stereocenters. The Kier molecular flexibility index (Phi) is 6.29. The average Bonchev–Trinajstić information content (AvgIpc) is 2.98. The summed E-state index contributed by atoms with van der Waals surface area (Å²) in [6.45, 7) is 5.19. The Balaban J connectivity index is 2.28. The predicted molar refractivity (Wildman–Crippen MR) is 114 cm³/mol. The minimum absolute atomic E-state index is 0.0100. The number of nitrogens with zero attached hydrogens (tertiary/aromatic N) is 1. The van der Waals surface area contributed by atoms with Crippen molar-refractivity contribution in [3.05, 3.63) is 63.8 Å². The van der Waals surface area contributed by atoms with Gasteiger partial charge in [0.1, 0.15) is 5.75 Å². The van der Waals surface area contributed by atoms with E-state index in [-0.39, 0.29) is 27.8 Å². The van der Waals surface area contributed by atoms with Crippen LogP contribution >= 0.6 is 11.6 Å². The predicted octanol–water partition coefficient (Wildman–Crippen LogP) is 6.23. The number of carboxylic acids is 1. The first-order valence-electron chi connectivity index (χ1n) is 9.86. The summed E-state index contributed by atoms with van der Waals surface area (Å²) in [5, 5.41) is 20.4. The quantitative estimate of drug-likeness (QED) is 0.466. The molecule has 0 bridgehead atoms. The second kappa shape index (κ2) is 8.50. The van der Waals surface area contributed by atoms with Gasteiger partial charge in [0.25, 0.3) is 5.91 Å². The van der Waals surface area contributed by atoms with E-state index in [1.165, 1.54) is 16.7 Å². The summed E-state index contributed by atoms with van der Waals surface area (Å²) in [4.78, 5) is 25.5. The van der Waals surface area contributed by atoms with Crippen LogP contribution in [0, 0.1) is 12.8 Å². The summed E-state index contributed by atoms with van der Waals surface area (Å²) < 4.78 is 39.9. The molecule has 0 radical (unpaired) electrons. The number of aromatic hydroxyl groups is 1. The number of benzene rings is 2. The average molecular weight is 468 g/mol. The van der Waals surface area contributed by atoms with Crippen molar-refractivity contribution in [1.29, 1.82) is 0 Å². The lowest BCUT2D eigenvalue weighted by atomic mass is 9.84. The number of alkyl halides is 3. The summed E-state index contributed by atoms with van der Waals surface area (Å²) in [5.74, 6) is -3.25. The molecule has 2 aromatic carbocycles. The van der Waals surface area contributed by atoms with E-state index in [1.54, 1.807) is 13.8 Å². The standard InChI is InChI=1S/C23H21ClF3NO4/c1-4-11(2)19(22(31)32)20-12(3)28(17-10-16(24)18(29)9-15(17)20)21(30)13-5-7-14(8-6-13)23(25,26)27/h5-11,19,29H,4H2,1-3H3,(H,31,32)/t11?,19-/m0/s1. The zero-order chi connectivity index (χ0) is 24.0. The number of fused-ring (bicyclic) bond motifs is 1. The Bertz CT molecular complexity index is 1200. The third kappa shape index (κ3) is 4.07. The molecular formula is C23H21ClF3NO4. The smallest absolute Gasteiger partial charge is 0.416 e. The number of aliphatic carboxylic acids is 1. The van der Waals surface area contributed by atoms with Crippen molar-refractivity contribution in [2.45, 2.75) is 39.3 Å². The van der Waals surface area contributed by atoms with Crippen LogP contribution in [0.5, 0.6) is 5.75 Å². The highest BCUT2D eigenvalue weighted by molar-refractivity contribution is 6.33. The van der Waals surface area contributed by atoms with Gasteiger partial charge in [-0.2, -0.15) is 13.2 Å². The number of carbonyl (C=O) groups is 2. The van der Waals surface area contributed by atoms with Crippen molar-refractivity contribution in [1.82, 2.24) is 4.57 Å². The number of carbonyl (C=O) groups excluding carboxylic acids is 1. The van der Waals surface area contributed by atoms with Gasteiger partial charge >= 0.3 is 12.1 Å². The fraction of sp³-hybridized carbons (Fsp3) is 0.304. The van der Waals surface area contributed by atoms with Gasteiger partial charge in [0.15, 0.2) is 0 Å². The molecule has 0 saturated carbocycles. The Labute approximate surface area is 187 Å². The van der Waals surface area contributed by atoms with E-state index >= 15 is 0 Å². The van der Waals surface area contributed by atoms with Crippen molar-refractivity contribution in [3.63, 3.8) is 0 Å². The molecule has 3 aromatic rings. The van der Waals surface area contributed by atoms with Gasteiger partial charge < -0.3 is 10.2 Å². The van der Waals surface area contributed by atoms with Crippen LogP contribution < -0.4 is 0 Å². The van der Waals surface area contributed by atoms with Gasteiger partial charge in [-0.05, 0) is 54.8 Å². The van der Waals surface area contributed by atoms with Crippen LogP contribution in [0.1, 0.15) is 53.4 Å². The van der Waals surface area contributed by atoms with Crippen LogP contribution in [0.15, 0.2) is 36.4 Å². The number of phenolic OH excluding ortho intramolecular Hbond substituents is 1. The van der Waals surface area contributed by atoms with Gasteiger partial charge in [-0.25, -0.2) is 0 Å². The van der Waals surface area contributed by atoms with E-state index < -0.39 is 29.5 Å². The normalized spacial score (nSPS) is 13.8. The van der Waals surface area contributed by atoms with E-state index in [0.717, 1.165) is 24.3 Å². The fourth-order valence-electron chi connectivity index (χ4n) is 3.92. The van der Waals surface area contributed by atoms with Crippen LogP contribution in [0.25, 0.3) is 10.9 Å². The molecule has 0 aliphatic carbocycles. The Morgan fingerprint density at radius 1 is 1.16 bits per heavy atom. The van der Waals surface area contributed by atoms with Gasteiger partial charge in [-0.1, -0.05) is 31.9 Å². The second-order valence-electron chi connectivity index (χ2n) is 7.74. The van der Waals surface area contributed by atoms with Crippen molar-refractivity contribution >= 4 is 34.4 Å². The first-order valence-corrected chi connectivity index (χ1v) is 10.2. The maximum Gasteiger partial charge on any atom is 0.416 e.